The molecule has 0 bridgehead atoms. The Bertz CT molecular complexity index is 1040. The number of benzene rings is 3. The van der Waals surface area contributed by atoms with Crippen molar-refractivity contribution in [3.8, 4) is 0 Å². The molecular weight excluding hydrogens is 335 g/mol. The third-order valence-corrected chi connectivity index (χ3v) is 4.13. The van der Waals surface area contributed by atoms with Gasteiger partial charge in [0.2, 0.25) is 0 Å². The zero-order valence-electron chi connectivity index (χ0n) is 19.0. The monoisotopic (exact) mass is 362 g/mol. The first kappa shape index (κ1) is 12.9. The largest absolute Gasteiger partial charge is 0.416 e. The van der Waals surface area contributed by atoms with Gasteiger partial charge in [0.15, 0.2) is 0 Å². The zero-order valence-corrected chi connectivity index (χ0v) is 14.0. The number of hydrogen-bond acceptors (Lipinski definition) is 1. The molecule has 1 nitrogen and oxygen atoms in total. The molecule has 0 aliphatic heterocycles. The van der Waals surface area contributed by atoms with Crippen molar-refractivity contribution in [2.75, 3.05) is 6.54 Å². The van der Waals surface area contributed by atoms with E-state index in [4.69, 9.17) is 6.85 Å². The maximum absolute atomic E-state index is 13.0. The second-order valence-electron chi connectivity index (χ2n) is 5.96. The lowest BCUT2D eigenvalue weighted by atomic mass is 9.99. The summed E-state index contributed by atoms with van der Waals surface area (Å²) in [5.74, 6) is 0. The number of nitrogens with one attached hydrogen (secondary N) is 1. The van der Waals surface area contributed by atoms with E-state index in [1.807, 2.05) is 30.3 Å². The zero-order chi connectivity index (χ0) is 22.9. The normalized spacial score (nSPS) is 17.0. The smallest absolute Gasteiger partial charge is 0.310 e. The molecular formula is C22H22F3N. The molecule has 0 amide bonds. The number of hydrogen-bond donors (Lipinski definition) is 1. The molecule has 0 saturated heterocycles. The fraction of sp³-hybridized carbons (Fsp3) is 0.273. The Morgan fingerprint density at radius 1 is 1.04 bits per heavy atom. The molecule has 0 aliphatic rings. The Morgan fingerprint density at radius 3 is 2.62 bits per heavy atom. The molecule has 0 aliphatic carbocycles. The van der Waals surface area contributed by atoms with E-state index in [0.29, 0.717) is 5.56 Å². The summed E-state index contributed by atoms with van der Waals surface area (Å²) in [7, 11) is 0. The van der Waals surface area contributed by atoms with Crippen molar-refractivity contribution in [1.29, 1.82) is 0 Å². The van der Waals surface area contributed by atoms with E-state index in [1.165, 1.54) is 12.1 Å². The van der Waals surface area contributed by atoms with Crippen LogP contribution in [0.5, 0.6) is 0 Å². The van der Waals surface area contributed by atoms with E-state index < -0.39 is 31.0 Å². The maximum atomic E-state index is 13.0. The van der Waals surface area contributed by atoms with Gasteiger partial charge in [0.1, 0.15) is 0 Å². The lowest BCUT2D eigenvalue weighted by Gasteiger charge is -2.17. The van der Waals surface area contributed by atoms with Gasteiger partial charge in [-0.25, -0.2) is 0 Å². The van der Waals surface area contributed by atoms with Gasteiger partial charge < -0.3 is 5.32 Å². The van der Waals surface area contributed by atoms with Gasteiger partial charge >= 0.3 is 6.18 Å². The average Bonchev–Trinajstić information content (AvgIpc) is 2.69. The molecule has 0 aromatic heterocycles. The van der Waals surface area contributed by atoms with Crippen LogP contribution in [0.1, 0.15) is 42.9 Å². The highest BCUT2D eigenvalue weighted by Crippen LogP contribution is 2.29. The summed E-state index contributed by atoms with van der Waals surface area (Å²) in [6.07, 6.45) is -6.82. The Kier molecular flexibility index (Phi) is 3.94. The molecule has 4 heteroatoms. The standard InChI is InChI=1S/C22H22F3N/c1-16(20-13-5-10-18-9-2-3-12-21(18)20)26-14-6-8-17-7-4-11-19(15-17)22(23,24)25/h2-5,7,9-13,15-16,26H,6,8,14H2,1H3/t16-/m1/s1/i1D3,8D2. The predicted octanol–water partition coefficient (Wildman–Crippen LogP) is 6.14. The minimum atomic E-state index is -4.56. The molecule has 26 heavy (non-hydrogen) atoms. The Hall–Kier alpha value is -2.33. The first-order valence-electron chi connectivity index (χ1n) is 10.8. The van der Waals surface area contributed by atoms with Crippen molar-refractivity contribution in [3.63, 3.8) is 0 Å². The molecule has 0 saturated carbocycles. The molecule has 3 aromatic carbocycles. The lowest BCUT2D eigenvalue weighted by molar-refractivity contribution is -0.137. The van der Waals surface area contributed by atoms with Crippen LogP contribution >= 0.6 is 0 Å². The molecule has 3 aromatic rings. The number of fused-ring (bicyclic) bond motifs is 1. The predicted molar refractivity (Wildman–Crippen MR) is 100 cm³/mol. The summed E-state index contributed by atoms with van der Waals surface area (Å²) in [4.78, 5) is 0. The van der Waals surface area contributed by atoms with Gasteiger partial charge in [-0.05, 0) is 54.2 Å². The topological polar surface area (TPSA) is 12.0 Å². The molecule has 0 heterocycles. The van der Waals surface area contributed by atoms with Crippen molar-refractivity contribution in [3.05, 3.63) is 83.4 Å². The van der Waals surface area contributed by atoms with Crippen LogP contribution in [0.25, 0.3) is 10.8 Å². The summed E-state index contributed by atoms with van der Waals surface area (Å²) in [6, 6.07) is 15.9. The SMILES string of the molecule is [2H]C([2H])(CCN[C@@H](c1cccc2ccccc12)C([2H])([2H])[2H])c1cccc(C(F)(F)F)c1. The van der Waals surface area contributed by atoms with E-state index in [1.54, 1.807) is 12.1 Å². The van der Waals surface area contributed by atoms with Crippen LogP contribution in [0, 0.1) is 0 Å². The van der Waals surface area contributed by atoms with Gasteiger partial charge in [-0.2, -0.15) is 13.2 Å². The Morgan fingerprint density at radius 2 is 1.81 bits per heavy atom. The number of rotatable bonds is 6. The number of halogens is 3. The van der Waals surface area contributed by atoms with Crippen molar-refractivity contribution >= 4 is 10.8 Å². The van der Waals surface area contributed by atoms with E-state index in [2.05, 4.69) is 5.32 Å². The van der Waals surface area contributed by atoms with Crippen LogP contribution < -0.4 is 5.32 Å². The van der Waals surface area contributed by atoms with Crippen LogP contribution in [0.15, 0.2) is 66.7 Å². The van der Waals surface area contributed by atoms with Crippen LogP contribution in [-0.2, 0) is 12.5 Å². The highest BCUT2D eigenvalue weighted by Gasteiger charge is 2.30. The number of alkyl halides is 3. The van der Waals surface area contributed by atoms with E-state index in [0.717, 1.165) is 22.9 Å². The van der Waals surface area contributed by atoms with Crippen molar-refractivity contribution in [2.45, 2.75) is 31.9 Å². The van der Waals surface area contributed by atoms with Gasteiger partial charge in [0.05, 0.1) is 5.56 Å². The highest BCUT2D eigenvalue weighted by atomic mass is 19.4. The van der Waals surface area contributed by atoms with Gasteiger partial charge in [-0.15, -0.1) is 0 Å². The molecule has 136 valence electrons. The van der Waals surface area contributed by atoms with Gasteiger partial charge in [-0.1, -0.05) is 60.7 Å². The van der Waals surface area contributed by atoms with Crippen LogP contribution in [-0.4, -0.2) is 6.54 Å². The van der Waals surface area contributed by atoms with E-state index in [-0.39, 0.29) is 18.5 Å². The first-order valence-corrected chi connectivity index (χ1v) is 8.28. The molecule has 0 fully saturated rings. The van der Waals surface area contributed by atoms with Crippen LogP contribution in [0.3, 0.4) is 0 Å². The van der Waals surface area contributed by atoms with Gasteiger partial charge in [0, 0.05) is 12.9 Å². The molecule has 0 unspecified atom stereocenters. The summed E-state index contributed by atoms with van der Waals surface area (Å²) < 4.78 is 79.2. The summed E-state index contributed by atoms with van der Waals surface area (Å²) in [6.45, 7) is -2.43. The Labute approximate surface area is 158 Å². The van der Waals surface area contributed by atoms with E-state index >= 15 is 0 Å². The highest BCUT2D eigenvalue weighted by molar-refractivity contribution is 5.86. The minimum Gasteiger partial charge on any atom is -0.310 e. The van der Waals surface area contributed by atoms with Crippen molar-refractivity contribution < 1.29 is 20.0 Å². The van der Waals surface area contributed by atoms with E-state index in [9.17, 15) is 13.2 Å². The second kappa shape index (κ2) is 7.92. The van der Waals surface area contributed by atoms with Gasteiger partial charge in [-0.3, -0.25) is 0 Å². The third-order valence-electron chi connectivity index (χ3n) is 4.13. The van der Waals surface area contributed by atoms with Crippen molar-refractivity contribution in [2.24, 2.45) is 0 Å². The fourth-order valence-electron chi connectivity index (χ4n) is 2.84. The molecule has 0 spiro atoms. The molecule has 3 rings (SSSR count). The fourth-order valence-corrected chi connectivity index (χ4v) is 2.84. The number of aryl methyl sites for hydroxylation is 1. The minimum absolute atomic E-state index is 0.0322. The summed E-state index contributed by atoms with van der Waals surface area (Å²) >= 11 is 0. The van der Waals surface area contributed by atoms with Gasteiger partial charge in [0.25, 0.3) is 0 Å². The molecule has 1 atom stereocenters. The molecule has 1 N–H and O–H groups in total. The first-order chi connectivity index (χ1) is 14.4. The van der Waals surface area contributed by atoms with Crippen LogP contribution in [0.2, 0.25) is 0 Å². The average molecular weight is 362 g/mol. The second-order valence-corrected chi connectivity index (χ2v) is 5.96. The quantitative estimate of drug-likeness (QED) is 0.555. The lowest BCUT2D eigenvalue weighted by Crippen LogP contribution is -2.20. The summed E-state index contributed by atoms with van der Waals surface area (Å²) in [5, 5.41) is 4.58. The molecule has 0 radical (unpaired) electrons. The van der Waals surface area contributed by atoms with Crippen molar-refractivity contribution in [1.82, 2.24) is 5.32 Å². The Balaban J connectivity index is 1.80. The van der Waals surface area contributed by atoms with Crippen LogP contribution in [0.4, 0.5) is 13.2 Å². The third kappa shape index (κ3) is 4.44. The summed E-state index contributed by atoms with van der Waals surface area (Å²) in [5.41, 5.74) is -0.449. The maximum Gasteiger partial charge on any atom is 0.416 e.